The van der Waals surface area contributed by atoms with Crippen LogP contribution in [0.4, 0.5) is 14.5 Å². The Morgan fingerprint density at radius 2 is 1.81 bits per heavy atom. The number of benzene rings is 2. The molecule has 0 spiro atoms. The van der Waals surface area contributed by atoms with Crippen LogP contribution < -0.4 is 14.3 Å². The molecule has 0 saturated carbocycles. The smallest absolute Gasteiger partial charge is 0.211 e. The topological polar surface area (TPSA) is 61.0 Å². The number of pyridine rings is 1. The lowest BCUT2D eigenvalue weighted by molar-refractivity contribution is 0.404. The standard InChI is InChI=1S/C23H18F2N4O2S/c1-30-17-4-6-22(31-2)18(12-17)21-14-32-23(28-20-5-3-16(24)11-19(20)25)29(21)27-13-15-7-9-26-10-8-15/h3-14H,1-2H3. The van der Waals surface area contributed by atoms with Gasteiger partial charge in [0.2, 0.25) is 4.80 Å². The average molecular weight is 452 g/mol. The molecular formula is C23H18F2N4O2S. The third kappa shape index (κ3) is 4.57. The zero-order chi connectivity index (χ0) is 22.5. The molecule has 0 unspecified atom stereocenters. The van der Waals surface area contributed by atoms with E-state index in [4.69, 9.17) is 9.47 Å². The molecule has 0 fully saturated rings. The van der Waals surface area contributed by atoms with Crippen molar-refractivity contribution in [3.8, 4) is 22.8 Å². The van der Waals surface area contributed by atoms with Crippen LogP contribution in [-0.2, 0) is 0 Å². The van der Waals surface area contributed by atoms with Gasteiger partial charge in [-0.3, -0.25) is 4.98 Å². The van der Waals surface area contributed by atoms with Crippen molar-refractivity contribution in [1.82, 2.24) is 9.66 Å². The van der Waals surface area contributed by atoms with E-state index in [2.05, 4.69) is 15.1 Å². The molecule has 2 aromatic heterocycles. The van der Waals surface area contributed by atoms with Crippen molar-refractivity contribution in [2.24, 2.45) is 10.1 Å². The SMILES string of the molecule is COc1ccc(OC)c(-c2csc(=Nc3ccc(F)cc3F)n2N=Cc2ccncc2)c1. The molecule has 0 saturated heterocycles. The first-order chi connectivity index (χ1) is 15.6. The number of nitrogens with zero attached hydrogens (tertiary/aromatic N) is 4. The van der Waals surface area contributed by atoms with Crippen LogP contribution in [0.5, 0.6) is 11.5 Å². The van der Waals surface area contributed by atoms with E-state index in [1.165, 1.54) is 17.4 Å². The number of hydrogen-bond acceptors (Lipinski definition) is 6. The van der Waals surface area contributed by atoms with Gasteiger partial charge in [0.1, 0.15) is 23.0 Å². The molecule has 4 rings (SSSR count). The highest BCUT2D eigenvalue weighted by molar-refractivity contribution is 7.07. The number of rotatable bonds is 6. The van der Waals surface area contributed by atoms with E-state index < -0.39 is 11.6 Å². The maximum Gasteiger partial charge on any atom is 0.211 e. The lowest BCUT2D eigenvalue weighted by Crippen LogP contribution is -2.12. The zero-order valence-corrected chi connectivity index (χ0v) is 18.0. The number of aromatic nitrogens is 2. The van der Waals surface area contributed by atoms with Crippen LogP contribution in [-0.4, -0.2) is 30.1 Å². The van der Waals surface area contributed by atoms with Crippen LogP contribution in [0.25, 0.3) is 11.3 Å². The van der Waals surface area contributed by atoms with Crippen LogP contribution in [0.1, 0.15) is 5.56 Å². The second kappa shape index (κ2) is 9.52. The van der Waals surface area contributed by atoms with Crippen molar-refractivity contribution in [2.75, 3.05) is 14.2 Å². The summed E-state index contributed by atoms with van der Waals surface area (Å²) in [6, 6.07) is 12.2. The zero-order valence-electron chi connectivity index (χ0n) is 17.2. The number of methoxy groups -OCH3 is 2. The fourth-order valence-corrected chi connectivity index (χ4v) is 3.78. The van der Waals surface area contributed by atoms with Crippen LogP contribution in [0.3, 0.4) is 0 Å². The van der Waals surface area contributed by atoms with Gasteiger partial charge in [0.05, 0.1) is 26.1 Å². The second-order valence-electron chi connectivity index (χ2n) is 6.51. The number of halogens is 2. The van der Waals surface area contributed by atoms with Gasteiger partial charge >= 0.3 is 0 Å². The summed E-state index contributed by atoms with van der Waals surface area (Å²) in [6.07, 6.45) is 4.96. The van der Waals surface area contributed by atoms with E-state index in [0.29, 0.717) is 22.0 Å². The molecule has 0 amide bonds. The van der Waals surface area contributed by atoms with Gasteiger partial charge in [0.25, 0.3) is 0 Å². The number of hydrogen-bond donors (Lipinski definition) is 0. The van der Waals surface area contributed by atoms with E-state index in [0.717, 1.165) is 23.3 Å². The molecule has 0 atom stereocenters. The summed E-state index contributed by atoms with van der Waals surface area (Å²) in [7, 11) is 3.15. The number of thiazole rings is 1. The van der Waals surface area contributed by atoms with E-state index in [1.807, 2.05) is 11.4 Å². The van der Waals surface area contributed by atoms with Crippen molar-refractivity contribution < 1.29 is 18.3 Å². The van der Waals surface area contributed by atoms with Gasteiger partial charge in [-0.05, 0) is 48.0 Å². The molecule has 0 aliphatic carbocycles. The summed E-state index contributed by atoms with van der Waals surface area (Å²) in [6.45, 7) is 0. The highest BCUT2D eigenvalue weighted by atomic mass is 32.1. The van der Waals surface area contributed by atoms with Gasteiger partial charge < -0.3 is 9.47 Å². The lowest BCUT2D eigenvalue weighted by atomic mass is 10.1. The molecule has 4 aromatic rings. The Labute approximate surface area is 186 Å². The minimum Gasteiger partial charge on any atom is -0.497 e. The van der Waals surface area contributed by atoms with Gasteiger partial charge in [-0.1, -0.05) is 0 Å². The normalized spacial score (nSPS) is 11.8. The molecule has 0 aliphatic rings. The molecule has 6 nitrogen and oxygen atoms in total. The molecule has 2 heterocycles. The Morgan fingerprint density at radius 1 is 1.00 bits per heavy atom. The molecule has 0 bridgehead atoms. The lowest BCUT2D eigenvalue weighted by Gasteiger charge is -2.11. The minimum atomic E-state index is -0.761. The largest absolute Gasteiger partial charge is 0.497 e. The maximum atomic E-state index is 14.2. The summed E-state index contributed by atoms with van der Waals surface area (Å²) >= 11 is 1.26. The van der Waals surface area contributed by atoms with E-state index in [-0.39, 0.29) is 5.69 Å². The first kappa shape index (κ1) is 21.4. The van der Waals surface area contributed by atoms with Gasteiger partial charge in [0, 0.05) is 29.4 Å². The Balaban J connectivity index is 1.92. The van der Waals surface area contributed by atoms with Gasteiger partial charge in [-0.25, -0.2) is 18.4 Å². The second-order valence-corrected chi connectivity index (χ2v) is 7.35. The molecule has 0 radical (unpaired) electrons. The first-order valence-electron chi connectivity index (χ1n) is 9.46. The third-order valence-corrected chi connectivity index (χ3v) is 5.34. The Kier molecular flexibility index (Phi) is 6.37. The van der Waals surface area contributed by atoms with Crippen LogP contribution in [0.2, 0.25) is 0 Å². The summed E-state index contributed by atoms with van der Waals surface area (Å²) in [4.78, 5) is 8.77. The number of ether oxygens (including phenoxy) is 2. The predicted molar refractivity (Wildman–Crippen MR) is 120 cm³/mol. The van der Waals surface area contributed by atoms with Crippen LogP contribution in [0, 0.1) is 11.6 Å². The van der Waals surface area contributed by atoms with E-state index in [9.17, 15) is 8.78 Å². The van der Waals surface area contributed by atoms with Crippen molar-refractivity contribution in [1.29, 1.82) is 0 Å². The maximum absolute atomic E-state index is 14.2. The molecule has 32 heavy (non-hydrogen) atoms. The van der Waals surface area contributed by atoms with Gasteiger partial charge in [-0.2, -0.15) is 5.10 Å². The van der Waals surface area contributed by atoms with Crippen molar-refractivity contribution in [3.05, 3.63) is 88.3 Å². The van der Waals surface area contributed by atoms with E-state index in [1.54, 1.807) is 61.8 Å². The molecule has 0 N–H and O–H groups in total. The summed E-state index contributed by atoms with van der Waals surface area (Å²) in [5.41, 5.74) is 2.21. The summed E-state index contributed by atoms with van der Waals surface area (Å²) in [5, 5.41) is 6.41. The quantitative estimate of drug-likeness (QED) is 0.386. The van der Waals surface area contributed by atoms with Crippen LogP contribution in [0.15, 0.2) is 76.4 Å². The molecule has 162 valence electrons. The van der Waals surface area contributed by atoms with Gasteiger partial charge in [0.15, 0.2) is 5.82 Å². The molecular weight excluding hydrogens is 434 g/mol. The Bertz CT molecular complexity index is 1330. The average Bonchev–Trinajstić information content (AvgIpc) is 3.22. The van der Waals surface area contributed by atoms with E-state index >= 15 is 0 Å². The summed E-state index contributed by atoms with van der Waals surface area (Å²) in [5.74, 6) is -0.183. The fraction of sp³-hybridized carbons (Fsp3) is 0.0870. The molecule has 2 aromatic carbocycles. The van der Waals surface area contributed by atoms with Gasteiger partial charge in [-0.15, -0.1) is 11.3 Å². The van der Waals surface area contributed by atoms with Crippen molar-refractivity contribution in [2.45, 2.75) is 0 Å². The molecule has 0 aliphatic heterocycles. The van der Waals surface area contributed by atoms with Crippen molar-refractivity contribution >= 4 is 23.2 Å². The Hall–Kier alpha value is -3.85. The Morgan fingerprint density at radius 3 is 2.53 bits per heavy atom. The third-order valence-electron chi connectivity index (χ3n) is 4.52. The van der Waals surface area contributed by atoms with Crippen LogP contribution >= 0.6 is 11.3 Å². The monoisotopic (exact) mass is 452 g/mol. The van der Waals surface area contributed by atoms with Crippen molar-refractivity contribution in [3.63, 3.8) is 0 Å². The highest BCUT2D eigenvalue weighted by Crippen LogP contribution is 2.34. The minimum absolute atomic E-state index is 0.00488. The fourth-order valence-electron chi connectivity index (χ4n) is 2.94. The molecule has 9 heteroatoms. The predicted octanol–water partition coefficient (Wildman–Crippen LogP) is 5.02. The summed E-state index contributed by atoms with van der Waals surface area (Å²) < 4.78 is 40.0. The first-order valence-corrected chi connectivity index (χ1v) is 10.3. The highest BCUT2D eigenvalue weighted by Gasteiger charge is 2.14.